The number of para-hydroxylation sites is 4. The maximum absolute atomic E-state index is 2.41. The summed E-state index contributed by atoms with van der Waals surface area (Å²) < 4.78 is 0. The van der Waals surface area contributed by atoms with Gasteiger partial charge in [-0.2, -0.15) is 0 Å². The maximum atomic E-state index is 2.41. The predicted octanol–water partition coefficient (Wildman–Crippen LogP) is 13.3. The molecule has 2 nitrogen and oxygen atoms in total. The standard InChI is InChI=1S/C46H34N2/c1-31-29-41(47(33-17-7-3-8-18-33)34-19-9-4-10-20-34)39-27-28-40-42(48(35-21-11-5-12-22-35)36-23-13-6-14-24-36)30-32(2)44-38-26-16-15-25-37(38)43(31)45(39)46(40)44/h3-30H,1-2H3. The Morgan fingerprint density at radius 3 is 0.896 bits per heavy atom. The van der Waals surface area contributed by atoms with Crippen LogP contribution in [0.3, 0.4) is 0 Å². The fourth-order valence-electron chi connectivity index (χ4n) is 7.80. The van der Waals surface area contributed by atoms with Crippen LogP contribution in [0, 0.1) is 13.8 Å². The fraction of sp³-hybridized carbons (Fsp3) is 0.0435. The quantitative estimate of drug-likeness (QED) is 0.136. The van der Waals surface area contributed by atoms with Crippen molar-refractivity contribution in [2.75, 3.05) is 9.80 Å². The van der Waals surface area contributed by atoms with Gasteiger partial charge in [0.25, 0.3) is 0 Å². The summed E-state index contributed by atoms with van der Waals surface area (Å²) in [6.07, 6.45) is 0. The van der Waals surface area contributed by atoms with Crippen molar-refractivity contribution in [1.82, 2.24) is 0 Å². The average Bonchev–Trinajstić information content (AvgIpc) is 3.14. The summed E-state index contributed by atoms with van der Waals surface area (Å²) in [5.41, 5.74) is 9.46. The molecule has 9 aromatic carbocycles. The number of fused-ring (bicyclic) bond motifs is 3. The van der Waals surface area contributed by atoms with Gasteiger partial charge in [0.05, 0.1) is 11.4 Å². The molecule has 0 saturated carbocycles. The van der Waals surface area contributed by atoms with E-state index in [0.29, 0.717) is 0 Å². The second kappa shape index (κ2) is 11.3. The summed E-state index contributed by atoms with van der Waals surface area (Å²) in [7, 11) is 0. The average molecular weight is 615 g/mol. The van der Waals surface area contributed by atoms with E-state index in [4.69, 9.17) is 0 Å². The van der Waals surface area contributed by atoms with Crippen molar-refractivity contribution in [2.24, 2.45) is 0 Å². The molecule has 0 saturated heterocycles. The monoisotopic (exact) mass is 614 g/mol. The first kappa shape index (κ1) is 28.1. The molecular weight excluding hydrogens is 581 g/mol. The summed E-state index contributed by atoms with van der Waals surface area (Å²) in [6.45, 7) is 4.56. The first-order valence-corrected chi connectivity index (χ1v) is 16.6. The van der Waals surface area contributed by atoms with E-state index in [1.165, 1.54) is 65.6 Å². The Kier molecular flexibility index (Phi) is 6.62. The number of hydrogen-bond acceptors (Lipinski definition) is 2. The van der Waals surface area contributed by atoms with Gasteiger partial charge >= 0.3 is 0 Å². The van der Waals surface area contributed by atoms with E-state index in [2.05, 4.69) is 194 Å². The van der Waals surface area contributed by atoms with E-state index in [0.717, 1.165) is 22.7 Å². The number of rotatable bonds is 6. The molecule has 228 valence electrons. The van der Waals surface area contributed by atoms with Gasteiger partial charge in [-0.25, -0.2) is 0 Å². The lowest BCUT2D eigenvalue weighted by Gasteiger charge is -2.31. The Morgan fingerprint density at radius 1 is 0.292 bits per heavy atom. The summed E-state index contributed by atoms with van der Waals surface area (Å²) in [6, 6.07) is 61.4. The van der Waals surface area contributed by atoms with Crippen molar-refractivity contribution < 1.29 is 0 Å². The zero-order chi connectivity index (χ0) is 32.2. The van der Waals surface area contributed by atoms with Crippen LogP contribution in [0.4, 0.5) is 34.1 Å². The minimum Gasteiger partial charge on any atom is -0.310 e. The van der Waals surface area contributed by atoms with Crippen molar-refractivity contribution >= 4 is 77.2 Å². The van der Waals surface area contributed by atoms with Crippen molar-refractivity contribution in [3.05, 3.63) is 181 Å². The van der Waals surface area contributed by atoms with Crippen LogP contribution in [-0.2, 0) is 0 Å². The topological polar surface area (TPSA) is 6.48 Å². The molecule has 0 N–H and O–H groups in total. The Labute approximate surface area is 281 Å². The Morgan fingerprint density at radius 2 is 0.583 bits per heavy atom. The summed E-state index contributed by atoms with van der Waals surface area (Å²) in [5, 5.41) is 10.4. The number of hydrogen-bond donors (Lipinski definition) is 0. The zero-order valence-electron chi connectivity index (χ0n) is 27.1. The molecule has 0 aromatic heterocycles. The van der Waals surface area contributed by atoms with Gasteiger partial charge in [0, 0.05) is 44.3 Å². The predicted molar refractivity (Wildman–Crippen MR) is 206 cm³/mol. The van der Waals surface area contributed by atoms with Gasteiger partial charge in [0.1, 0.15) is 0 Å². The first-order valence-electron chi connectivity index (χ1n) is 16.6. The highest BCUT2D eigenvalue weighted by Gasteiger charge is 2.25. The maximum Gasteiger partial charge on any atom is 0.0543 e. The van der Waals surface area contributed by atoms with Gasteiger partial charge in [0.2, 0.25) is 0 Å². The molecule has 0 amide bonds. The van der Waals surface area contributed by atoms with E-state index in [9.17, 15) is 0 Å². The van der Waals surface area contributed by atoms with Crippen molar-refractivity contribution in [3.63, 3.8) is 0 Å². The first-order chi connectivity index (χ1) is 23.7. The smallest absolute Gasteiger partial charge is 0.0543 e. The van der Waals surface area contributed by atoms with Crippen LogP contribution < -0.4 is 9.80 Å². The Bertz CT molecular complexity index is 2300. The normalized spacial score (nSPS) is 11.5. The van der Waals surface area contributed by atoms with E-state index in [1.54, 1.807) is 0 Å². The summed E-state index contributed by atoms with van der Waals surface area (Å²) in [5.74, 6) is 0. The molecule has 0 aliphatic rings. The van der Waals surface area contributed by atoms with Crippen molar-refractivity contribution in [1.29, 1.82) is 0 Å². The molecule has 0 aliphatic carbocycles. The number of nitrogens with zero attached hydrogens (tertiary/aromatic N) is 2. The minimum atomic E-state index is 1.14. The van der Waals surface area contributed by atoms with Crippen LogP contribution in [-0.4, -0.2) is 0 Å². The van der Waals surface area contributed by atoms with Crippen LogP contribution in [0.2, 0.25) is 0 Å². The van der Waals surface area contributed by atoms with Gasteiger partial charge in [-0.1, -0.05) is 109 Å². The molecule has 0 heterocycles. The van der Waals surface area contributed by atoms with Crippen LogP contribution >= 0.6 is 0 Å². The van der Waals surface area contributed by atoms with Crippen LogP contribution in [0.15, 0.2) is 170 Å². The highest BCUT2D eigenvalue weighted by molar-refractivity contribution is 6.37. The fourth-order valence-corrected chi connectivity index (χ4v) is 7.80. The summed E-state index contributed by atoms with van der Waals surface area (Å²) >= 11 is 0. The third-order valence-corrected chi connectivity index (χ3v) is 9.76. The summed E-state index contributed by atoms with van der Waals surface area (Å²) in [4.78, 5) is 4.82. The van der Waals surface area contributed by atoms with Crippen LogP contribution in [0.1, 0.15) is 11.1 Å². The van der Waals surface area contributed by atoms with E-state index in [1.807, 2.05) is 0 Å². The largest absolute Gasteiger partial charge is 0.310 e. The molecule has 0 spiro atoms. The molecule has 0 bridgehead atoms. The van der Waals surface area contributed by atoms with Crippen molar-refractivity contribution in [3.8, 4) is 0 Å². The molecule has 2 heteroatoms. The molecule has 0 fully saturated rings. The minimum absolute atomic E-state index is 1.14. The van der Waals surface area contributed by atoms with Gasteiger partial charge in [0.15, 0.2) is 0 Å². The number of benzene rings is 9. The lowest BCUT2D eigenvalue weighted by atomic mass is 9.84. The molecule has 0 unspecified atom stereocenters. The van der Waals surface area contributed by atoms with Crippen LogP contribution in [0.5, 0.6) is 0 Å². The molecule has 0 atom stereocenters. The molecular formula is C46H34N2. The molecule has 0 aliphatic heterocycles. The van der Waals surface area contributed by atoms with E-state index in [-0.39, 0.29) is 0 Å². The zero-order valence-corrected chi connectivity index (χ0v) is 27.1. The second-order valence-electron chi connectivity index (χ2n) is 12.6. The SMILES string of the molecule is Cc1cc(N(c2ccccc2)c2ccccc2)c2ccc3c(N(c4ccccc4)c4ccccc4)cc(C)c4c5ccccc5c1c2c34. The molecule has 48 heavy (non-hydrogen) atoms. The Hall–Kier alpha value is -6.12. The molecule has 9 rings (SSSR count). The van der Waals surface area contributed by atoms with E-state index >= 15 is 0 Å². The third-order valence-electron chi connectivity index (χ3n) is 9.76. The molecule has 0 radical (unpaired) electrons. The van der Waals surface area contributed by atoms with Crippen LogP contribution in [0.25, 0.3) is 43.1 Å². The lowest BCUT2D eigenvalue weighted by Crippen LogP contribution is -2.12. The van der Waals surface area contributed by atoms with E-state index < -0.39 is 0 Å². The van der Waals surface area contributed by atoms with Gasteiger partial charge in [-0.05, 0) is 107 Å². The van der Waals surface area contributed by atoms with Gasteiger partial charge in [-0.3, -0.25) is 0 Å². The third kappa shape index (κ3) is 4.34. The lowest BCUT2D eigenvalue weighted by molar-refractivity contribution is 1.29. The van der Waals surface area contributed by atoms with Crippen molar-refractivity contribution in [2.45, 2.75) is 13.8 Å². The van der Waals surface area contributed by atoms with Gasteiger partial charge in [-0.15, -0.1) is 0 Å². The highest BCUT2D eigenvalue weighted by atomic mass is 15.1. The Balaban J connectivity index is 1.45. The highest BCUT2D eigenvalue weighted by Crippen LogP contribution is 2.51. The number of aryl methyl sites for hydroxylation is 2. The van der Waals surface area contributed by atoms with Gasteiger partial charge < -0.3 is 9.80 Å². The number of anilines is 6. The molecule has 9 aromatic rings. The second-order valence-corrected chi connectivity index (χ2v) is 12.6.